The van der Waals surface area contributed by atoms with E-state index in [1.807, 2.05) is 24.3 Å². The molecule has 112 valence electrons. The molecule has 0 atom stereocenters. The van der Waals surface area contributed by atoms with Gasteiger partial charge in [-0.3, -0.25) is 0 Å². The van der Waals surface area contributed by atoms with Crippen molar-refractivity contribution in [2.45, 2.75) is 0 Å². The van der Waals surface area contributed by atoms with Crippen LogP contribution in [0.4, 0.5) is 16.2 Å². The molecule has 0 aromatic heterocycles. The predicted octanol–water partition coefficient (Wildman–Crippen LogP) is 3.22. The highest BCUT2D eigenvalue weighted by atomic mass is 16.5. The van der Waals surface area contributed by atoms with Gasteiger partial charge in [0.05, 0.1) is 19.9 Å². The number of amides is 2. The minimum absolute atomic E-state index is 0.199. The van der Waals surface area contributed by atoms with Crippen LogP contribution in [0.25, 0.3) is 0 Å². The number of hydrogen-bond donors (Lipinski definition) is 2. The van der Waals surface area contributed by atoms with Gasteiger partial charge in [0.2, 0.25) is 0 Å². The van der Waals surface area contributed by atoms with Gasteiger partial charge in [-0.15, -0.1) is 0 Å². The fraction of sp³-hybridized carbons (Fsp3) is 0.125. The van der Waals surface area contributed by atoms with E-state index in [0.717, 1.165) is 0 Å². The Morgan fingerprint density at radius 2 is 1.77 bits per heavy atom. The van der Waals surface area contributed by atoms with E-state index in [-0.39, 0.29) is 11.3 Å². The number of para-hydroxylation sites is 1. The van der Waals surface area contributed by atoms with Crippen molar-refractivity contribution in [1.82, 2.24) is 0 Å². The normalized spacial score (nSPS) is 9.50. The number of carbonyl (C=O) groups excluding carboxylic acids is 1. The summed E-state index contributed by atoms with van der Waals surface area (Å²) in [7, 11) is 2.92. The van der Waals surface area contributed by atoms with Crippen LogP contribution in [-0.2, 0) is 0 Å². The van der Waals surface area contributed by atoms with Crippen molar-refractivity contribution >= 4 is 17.4 Å². The van der Waals surface area contributed by atoms with Gasteiger partial charge in [0.25, 0.3) is 0 Å². The molecular formula is C16H15N3O3. The summed E-state index contributed by atoms with van der Waals surface area (Å²) in [4.78, 5) is 12.0. The van der Waals surface area contributed by atoms with E-state index >= 15 is 0 Å². The van der Waals surface area contributed by atoms with Crippen LogP contribution in [0.5, 0.6) is 11.5 Å². The van der Waals surface area contributed by atoms with Crippen molar-refractivity contribution in [3.8, 4) is 17.6 Å². The molecule has 6 heteroatoms. The minimum Gasteiger partial charge on any atom is -0.493 e. The van der Waals surface area contributed by atoms with Crippen molar-refractivity contribution < 1.29 is 14.3 Å². The Hall–Kier alpha value is -3.20. The largest absolute Gasteiger partial charge is 0.493 e. The summed E-state index contributed by atoms with van der Waals surface area (Å²) in [5.41, 5.74) is 1.19. The zero-order valence-electron chi connectivity index (χ0n) is 12.2. The standard InChI is InChI=1S/C16H15N3O3/c1-21-14-9-8-13(12(10-17)15(14)22-2)19-16(20)18-11-6-4-3-5-7-11/h3-9H,1-2H3,(H2,18,19,20). The molecule has 2 N–H and O–H groups in total. The third kappa shape index (κ3) is 3.27. The van der Waals surface area contributed by atoms with E-state index in [1.165, 1.54) is 14.2 Å². The Balaban J connectivity index is 2.23. The maximum absolute atomic E-state index is 12.0. The predicted molar refractivity (Wildman–Crippen MR) is 83.3 cm³/mol. The van der Waals surface area contributed by atoms with Crippen molar-refractivity contribution in [3.63, 3.8) is 0 Å². The van der Waals surface area contributed by atoms with Crippen LogP contribution in [0.1, 0.15) is 5.56 Å². The molecule has 0 fully saturated rings. The molecule has 2 aromatic rings. The van der Waals surface area contributed by atoms with Gasteiger partial charge in [0.15, 0.2) is 11.5 Å². The maximum atomic E-state index is 12.0. The molecule has 2 rings (SSSR count). The molecule has 0 unspecified atom stereocenters. The third-order valence-corrected chi connectivity index (χ3v) is 2.94. The van der Waals surface area contributed by atoms with Gasteiger partial charge >= 0.3 is 6.03 Å². The van der Waals surface area contributed by atoms with E-state index < -0.39 is 6.03 Å². The highest BCUT2D eigenvalue weighted by molar-refractivity contribution is 6.01. The lowest BCUT2D eigenvalue weighted by molar-refractivity contribution is 0.262. The molecule has 0 heterocycles. The average Bonchev–Trinajstić information content (AvgIpc) is 2.55. The summed E-state index contributed by atoms with van der Waals surface area (Å²) in [5.74, 6) is 0.704. The molecule has 0 saturated heterocycles. The van der Waals surface area contributed by atoms with Gasteiger partial charge in [0, 0.05) is 5.69 Å². The topological polar surface area (TPSA) is 83.4 Å². The molecule has 6 nitrogen and oxygen atoms in total. The lowest BCUT2D eigenvalue weighted by atomic mass is 10.1. The fourth-order valence-corrected chi connectivity index (χ4v) is 1.95. The number of nitrogens with one attached hydrogen (secondary N) is 2. The second-order valence-electron chi connectivity index (χ2n) is 4.28. The molecule has 0 aliphatic heterocycles. The average molecular weight is 297 g/mol. The molecule has 0 bridgehead atoms. The van der Waals surface area contributed by atoms with Crippen LogP contribution < -0.4 is 20.1 Å². The van der Waals surface area contributed by atoms with Crippen LogP contribution in [0.3, 0.4) is 0 Å². The van der Waals surface area contributed by atoms with E-state index in [9.17, 15) is 10.1 Å². The molecule has 2 aromatic carbocycles. The quantitative estimate of drug-likeness (QED) is 0.907. The van der Waals surface area contributed by atoms with Crippen molar-refractivity contribution in [2.75, 3.05) is 24.9 Å². The third-order valence-electron chi connectivity index (χ3n) is 2.94. The summed E-state index contributed by atoms with van der Waals surface area (Å²) in [6, 6.07) is 13.8. The van der Waals surface area contributed by atoms with Gasteiger partial charge in [0.1, 0.15) is 11.6 Å². The number of benzene rings is 2. The fourth-order valence-electron chi connectivity index (χ4n) is 1.95. The first-order chi connectivity index (χ1) is 10.7. The SMILES string of the molecule is COc1ccc(NC(=O)Nc2ccccc2)c(C#N)c1OC. The monoisotopic (exact) mass is 297 g/mol. The van der Waals surface area contributed by atoms with Crippen LogP contribution in [-0.4, -0.2) is 20.3 Å². The Morgan fingerprint density at radius 3 is 2.36 bits per heavy atom. The summed E-state index contributed by atoms with van der Waals surface area (Å²) in [6.45, 7) is 0. The van der Waals surface area contributed by atoms with Gasteiger partial charge < -0.3 is 20.1 Å². The van der Waals surface area contributed by atoms with Crippen molar-refractivity contribution in [2.24, 2.45) is 0 Å². The Labute approximate surface area is 128 Å². The van der Waals surface area contributed by atoms with E-state index in [1.54, 1.807) is 24.3 Å². The molecule has 0 aliphatic carbocycles. The number of nitriles is 1. The van der Waals surface area contributed by atoms with Gasteiger partial charge in [-0.1, -0.05) is 18.2 Å². The lowest BCUT2D eigenvalue weighted by Crippen LogP contribution is -2.20. The van der Waals surface area contributed by atoms with Crippen molar-refractivity contribution in [3.05, 3.63) is 48.0 Å². The number of rotatable bonds is 4. The summed E-state index contributed by atoms with van der Waals surface area (Å²) in [6.07, 6.45) is 0. The number of ether oxygens (including phenoxy) is 2. The number of anilines is 2. The highest BCUT2D eigenvalue weighted by Crippen LogP contribution is 2.35. The second-order valence-corrected chi connectivity index (χ2v) is 4.28. The van der Waals surface area contributed by atoms with Crippen LogP contribution in [0.2, 0.25) is 0 Å². The van der Waals surface area contributed by atoms with Crippen LogP contribution in [0, 0.1) is 11.3 Å². The second kappa shape index (κ2) is 6.99. The smallest absolute Gasteiger partial charge is 0.323 e. The van der Waals surface area contributed by atoms with Gasteiger partial charge in [-0.25, -0.2) is 4.79 Å². The first-order valence-corrected chi connectivity index (χ1v) is 6.47. The van der Waals surface area contributed by atoms with Crippen LogP contribution in [0.15, 0.2) is 42.5 Å². The zero-order valence-corrected chi connectivity index (χ0v) is 12.2. The Kier molecular flexibility index (Phi) is 4.83. The van der Waals surface area contributed by atoms with E-state index in [0.29, 0.717) is 17.1 Å². The van der Waals surface area contributed by atoms with Crippen LogP contribution >= 0.6 is 0 Å². The molecule has 0 spiro atoms. The Bertz CT molecular complexity index is 709. The number of urea groups is 1. The molecule has 0 radical (unpaired) electrons. The Morgan fingerprint density at radius 1 is 1.05 bits per heavy atom. The first kappa shape index (κ1) is 15.2. The molecule has 2 amide bonds. The summed E-state index contributed by atoms with van der Waals surface area (Å²) in [5, 5.41) is 14.6. The number of methoxy groups -OCH3 is 2. The summed E-state index contributed by atoms with van der Waals surface area (Å²) < 4.78 is 10.3. The minimum atomic E-state index is -0.449. The van der Waals surface area contributed by atoms with Gasteiger partial charge in [-0.2, -0.15) is 5.26 Å². The molecule has 0 saturated carbocycles. The lowest BCUT2D eigenvalue weighted by Gasteiger charge is -2.13. The van der Waals surface area contributed by atoms with Gasteiger partial charge in [-0.05, 0) is 24.3 Å². The highest BCUT2D eigenvalue weighted by Gasteiger charge is 2.16. The maximum Gasteiger partial charge on any atom is 0.323 e. The van der Waals surface area contributed by atoms with E-state index in [4.69, 9.17) is 9.47 Å². The molecule has 22 heavy (non-hydrogen) atoms. The summed E-state index contributed by atoms with van der Waals surface area (Å²) >= 11 is 0. The number of carbonyl (C=O) groups is 1. The zero-order chi connectivity index (χ0) is 15.9. The van der Waals surface area contributed by atoms with E-state index in [2.05, 4.69) is 10.6 Å². The van der Waals surface area contributed by atoms with Crippen molar-refractivity contribution in [1.29, 1.82) is 5.26 Å². The molecule has 0 aliphatic rings. The number of nitrogens with zero attached hydrogens (tertiary/aromatic N) is 1. The number of hydrogen-bond acceptors (Lipinski definition) is 4. The first-order valence-electron chi connectivity index (χ1n) is 6.47. The molecular weight excluding hydrogens is 282 g/mol.